The number of aromatic amines is 1. The van der Waals surface area contributed by atoms with E-state index in [0.717, 1.165) is 43.4 Å². The van der Waals surface area contributed by atoms with E-state index in [1.165, 1.54) is 16.9 Å². The second kappa shape index (κ2) is 6.76. The summed E-state index contributed by atoms with van der Waals surface area (Å²) in [5, 5.41) is 3.95. The molecule has 144 valence electrons. The van der Waals surface area contributed by atoms with Crippen molar-refractivity contribution in [2.45, 2.75) is 26.2 Å². The molecule has 0 saturated carbocycles. The minimum absolute atomic E-state index is 0.0447. The molecule has 2 aromatic carbocycles. The highest BCUT2D eigenvalue weighted by Crippen LogP contribution is 2.42. The van der Waals surface area contributed by atoms with E-state index in [4.69, 9.17) is 10.5 Å². The molecule has 2 aromatic heterocycles. The number of methoxy groups -OCH3 is 1. The van der Waals surface area contributed by atoms with Crippen LogP contribution >= 0.6 is 11.3 Å². The van der Waals surface area contributed by atoms with Gasteiger partial charge >= 0.3 is 0 Å². The van der Waals surface area contributed by atoms with Gasteiger partial charge in [-0.3, -0.25) is 4.79 Å². The molecule has 0 fully saturated rings. The number of aromatic nitrogens is 1. The molecule has 4 rings (SSSR count). The molecule has 0 radical (unpaired) electrons. The number of benzene rings is 2. The summed E-state index contributed by atoms with van der Waals surface area (Å²) < 4.78 is 6.49. The molecule has 3 N–H and O–H groups in total. The summed E-state index contributed by atoms with van der Waals surface area (Å²) >= 11 is 1.46. The summed E-state index contributed by atoms with van der Waals surface area (Å²) in [5.74, 6) is 0.801. The van der Waals surface area contributed by atoms with Crippen LogP contribution in [-0.4, -0.2) is 18.6 Å². The number of hydrogen-bond acceptors (Lipinski definition) is 4. The molecule has 4 aromatic rings. The molecule has 0 spiro atoms. The van der Waals surface area contributed by atoms with Crippen LogP contribution < -0.4 is 16.0 Å². The molecule has 0 saturated heterocycles. The maximum atomic E-state index is 12.5. The molecule has 5 heteroatoms. The van der Waals surface area contributed by atoms with Gasteiger partial charge in [0.2, 0.25) is 0 Å². The number of thiophene rings is 1. The summed E-state index contributed by atoms with van der Waals surface area (Å²) in [4.78, 5) is 15.6. The van der Waals surface area contributed by atoms with Gasteiger partial charge in [0.1, 0.15) is 10.4 Å². The topological polar surface area (TPSA) is 68.1 Å². The lowest BCUT2D eigenvalue weighted by molar-refractivity contribution is 0.416. The van der Waals surface area contributed by atoms with Gasteiger partial charge in [-0.15, -0.1) is 11.3 Å². The number of hydrogen-bond donors (Lipinski definition) is 2. The Labute approximate surface area is 168 Å². The summed E-state index contributed by atoms with van der Waals surface area (Å²) in [5.41, 5.74) is 10.9. The molecule has 0 bridgehead atoms. The van der Waals surface area contributed by atoms with Crippen LogP contribution in [0.5, 0.6) is 5.75 Å². The predicted octanol–water partition coefficient (Wildman–Crippen LogP) is 4.96. The molecule has 0 aliphatic carbocycles. The average molecular weight is 393 g/mol. The Bertz CT molecular complexity index is 1230. The number of H-pyrrole nitrogens is 1. The van der Waals surface area contributed by atoms with Gasteiger partial charge in [0.15, 0.2) is 0 Å². The van der Waals surface area contributed by atoms with Crippen LogP contribution in [0.4, 0.5) is 0 Å². The smallest absolute Gasteiger partial charge is 0.266 e. The monoisotopic (exact) mass is 392 g/mol. The first-order valence-electron chi connectivity index (χ1n) is 9.29. The Kier molecular flexibility index (Phi) is 4.52. The maximum absolute atomic E-state index is 12.5. The molecule has 0 unspecified atom stereocenters. The lowest BCUT2D eigenvalue weighted by Gasteiger charge is -2.23. The zero-order valence-electron chi connectivity index (χ0n) is 16.6. The van der Waals surface area contributed by atoms with Gasteiger partial charge in [0, 0.05) is 28.3 Å². The number of nitrogens with two attached hydrogens (primary N) is 1. The van der Waals surface area contributed by atoms with E-state index in [2.05, 4.69) is 43.1 Å². The lowest BCUT2D eigenvalue weighted by atomic mass is 9.84. The van der Waals surface area contributed by atoms with Gasteiger partial charge in [-0.2, -0.15) is 0 Å². The number of pyridine rings is 1. The minimum atomic E-state index is -0.0795. The normalized spacial score (nSPS) is 12.0. The first kappa shape index (κ1) is 18.7. The maximum Gasteiger partial charge on any atom is 0.266 e. The third kappa shape index (κ3) is 2.82. The Morgan fingerprint density at radius 2 is 1.89 bits per heavy atom. The highest BCUT2D eigenvalue weighted by molar-refractivity contribution is 7.17. The Hall–Kier alpha value is -2.63. The van der Waals surface area contributed by atoms with Crippen molar-refractivity contribution in [2.24, 2.45) is 5.73 Å². The van der Waals surface area contributed by atoms with E-state index in [9.17, 15) is 4.79 Å². The summed E-state index contributed by atoms with van der Waals surface area (Å²) in [6.07, 6.45) is 0. The molecule has 0 aliphatic rings. The van der Waals surface area contributed by atoms with Crippen LogP contribution in [0.2, 0.25) is 0 Å². The zero-order valence-corrected chi connectivity index (χ0v) is 17.4. The van der Waals surface area contributed by atoms with E-state index in [1.54, 1.807) is 7.11 Å². The largest absolute Gasteiger partial charge is 0.496 e. The van der Waals surface area contributed by atoms with Crippen molar-refractivity contribution in [2.75, 3.05) is 13.7 Å². The molecular weight excluding hydrogens is 368 g/mol. The van der Waals surface area contributed by atoms with Crippen LogP contribution in [0.15, 0.2) is 46.6 Å². The second-order valence-electron chi connectivity index (χ2n) is 7.80. The van der Waals surface area contributed by atoms with Gasteiger partial charge in [0.25, 0.3) is 5.56 Å². The van der Waals surface area contributed by atoms with Crippen molar-refractivity contribution in [3.8, 4) is 16.9 Å². The zero-order chi connectivity index (χ0) is 20.1. The minimum Gasteiger partial charge on any atom is -0.496 e. The molecule has 2 heterocycles. The number of nitrogens with one attached hydrogen (secondary N) is 1. The molecular formula is C23H24N2O2S. The summed E-state index contributed by atoms with van der Waals surface area (Å²) in [7, 11) is 1.69. The molecule has 28 heavy (non-hydrogen) atoms. The average Bonchev–Trinajstić information content (AvgIpc) is 3.19. The summed E-state index contributed by atoms with van der Waals surface area (Å²) in [6.45, 7) is 6.86. The van der Waals surface area contributed by atoms with Crippen molar-refractivity contribution in [1.29, 1.82) is 0 Å². The fraction of sp³-hybridized carbons (Fsp3) is 0.261. The highest BCUT2D eigenvalue weighted by atomic mass is 32.1. The first-order valence-corrected chi connectivity index (χ1v) is 10.2. The first-order chi connectivity index (χ1) is 13.4. The summed E-state index contributed by atoms with van der Waals surface area (Å²) in [6, 6.07) is 12.5. The van der Waals surface area contributed by atoms with Crippen molar-refractivity contribution in [3.63, 3.8) is 0 Å². The van der Waals surface area contributed by atoms with Gasteiger partial charge < -0.3 is 15.5 Å². The Morgan fingerprint density at radius 3 is 2.54 bits per heavy atom. The molecule has 0 amide bonds. The highest BCUT2D eigenvalue weighted by Gasteiger charge is 2.21. The molecule has 0 aliphatic heterocycles. The van der Waals surface area contributed by atoms with E-state index < -0.39 is 0 Å². The van der Waals surface area contributed by atoms with Crippen LogP contribution in [0.3, 0.4) is 0 Å². The molecule has 0 atom stereocenters. The van der Waals surface area contributed by atoms with Crippen LogP contribution in [-0.2, 0) is 5.41 Å². The number of rotatable bonds is 4. The van der Waals surface area contributed by atoms with Crippen molar-refractivity contribution < 1.29 is 4.74 Å². The third-order valence-electron chi connectivity index (χ3n) is 5.55. The predicted molar refractivity (Wildman–Crippen MR) is 119 cm³/mol. The molecule has 4 nitrogen and oxygen atoms in total. The SMILES string of the molecule is COc1cc(C)c2[nH]c(=O)c3sccc3c2c1-c1ccc(C(C)(C)CN)cc1. The van der Waals surface area contributed by atoms with E-state index in [1.807, 2.05) is 24.4 Å². The lowest BCUT2D eigenvalue weighted by Crippen LogP contribution is -2.27. The van der Waals surface area contributed by atoms with Gasteiger partial charge in [-0.1, -0.05) is 38.1 Å². The van der Waals surface area contributed by atoms with Gasteiger partial charge in [-0.25, -0.2) is 0 Å². The Balaban J connectivity index is 2.07. The van der Waals surface area contributed by atoms with Crippen LogP contribution in [0, 0.1) is 6.92 Å². The van der Waals surface area contributed by atoms with Gasteiger partial charge in [-0.05, 0) is 41.1 Å². The standard InChI is InChI=1S/C23H24N2O2S/c1-13-11-17(27-4)18(14-5-7-15(8-6-14)23(2,3)12-24)19-16-9-10-28-21(16)22(26)25-20(13)19/h5-11H,12,24H2,1-4H3,(H,25,26). The number of aryl methyl sites for hydroxylation is 1. The van der Waals surface area contributed by atoms with Crippen molar-refractivity contribution >= 4 is 32.3 Å². The fourth-order valence-electron chi connectivity index (χ4n) is 3.72. The fourth-order valence-corrected chi connectivity index (χ4v) is 4.52. The van der Waals surface area contributed by atoms with E-state index in [0.29, 0.717) is 6.54 Å². The third-order valence-corrected chi connectivity index (χ3v) is 6.47. The van der Waals surface area contributed by atoms with E-state index >= 15 is 0 Å². The second-order valence-corrected chi connectivity index (χ2v) is 8.72. The van der Waals surface area contributed by atoms with Crippen LogP contribution in [0.1, 0.15) is 25.0 Å². The van der Waals surface area contributed by atoms with Crippen molar-refractivity contribution in [3.05, 3.63) is 63.3 Å². The van der Waals surface area contributed by atoms with Crippen LogP contribution in [0.25, 0.3) is 32.1 Å². The van der Waals surface area contributed by atoms with E-state index in [-0.39, 0.29) is 11.0 Å². The quantitative estimate of drug-likeness (QED) is 0.516. The Morgan fingerprint density at radius 1 is 1.18 bits per heavy atom. The van der Waals surface area contributed by atoms with Crippen molar-refractivity contribution in [1.82, 2.24) is 4.98 Å². The number of fused-ring (bicyclic) bond motifs is 3. The van der Waals surface area contributed by atoms with Gasteiger partial charge in [0.05, 0.1) is 12.6 Å². The number of ether oxygens (including phenoxy) is 1.